The molecular weight excluding hydrogens is 254 g/mol. The Labute approximate surface area is 96.1 Å². The molecule has 1 heterocycles. The predicted molar refractivity (Wildman–Crippen MR) is 60.7 cm³/mol. The minimum atomic E-state index is 0.562. The summed E-state index contributed by atoms with van der Waals surface area (Å²) in [4.78, 5) is 0. The molecule has 4 heteroatoms. The van der Waals surface area contributed by atoms with Gasteiger partial charge >= 0.3 is 0 Å². The standard InChI is InChI=1S/C11H8BrN3/c1-8-2-3-10(4-11(8)12)15-7-9(5-13)6-14-15/h2-4,6-7H,1H3. The minimum absolute atomic E-state index is 0.562. The van der Waals surface area contributed by atoms with E-state index >= 15 is 0 Å². The zero-order valence-corrected chi connectivity index (χ0v) is 9.69. The number of benzene rings is 1. The maximum absolute atomic E-state index is 8.68. The van der Waals surface area contributed by atoms with E-state index in [4.69, 9.17) is 5.26 Å². The van der Waals surface area contributed by atoms with E-state index in [1.165, 1.54) is 5.56 Å². The van der Waals surface area contributed by atoms with Gasteiger partial charge in [-0.3, -0.25) is 0 Å². The summed E-state index contributed by atoms with van der Waals surface area (Å²) in [6, 6.07) is 8.00. The summed E-state index contributed by atoms with van der Waals surface area (Å²) < 4.78 is 2.72. The van der Waals surface area contributed by atoms with Crippen LogP contribution >= 0.6 is 15.9 Å². The van der Waals surface area contributed by atoms with Gasteiger partial charge in [-0.05, 0) is 24.6 Å². The highest BCUT2D eigenvalue weighted by Gasteiger charge is 2.02. The molecule has 1 aromatic heterocycles. The van der Waals surface area contributed by atoms with Gasteiger partial charge in [0.25, 0.3) is 0 Å². The molecule has 0 saturated heterocycles. The number of halogens is 1. The second kappa shape index (κ2) is 3.87. The van der Waals surface area contributed by atoms with Crippen molar-refractivity contribution in [3.8, 4) is 11.8 Å². The van der Waals surface area contributed by atoms with E-state index in [9.17, 15) is 0 Å². The van der Waals surface area contributed by atoms with E-state index in [1.807, 2.05) is 31.2 Å². The molecule has 74 valence electrons. The molecule has 1 aromatic carbocycles. The Morgan fingerprint density at radius 3 is 2.87 bits per heavy atom. The average Bonchev–Trinajstić information content (AvgIpc) is 2.70. The molecule has 0 unspecified atom stereocenters. The third-order valence-corrected chi connectivity index (χ3v) is 2.99. The molecule has 0 N–H and O–H groups in total. The van der Waals surface area contributed by atoms with Crippen LogP contribution in [-0.2, 0) is 0 Å². The first kappa shape index (κ1) is 9.94. The van der Waals surface area contributed by atoms with Gasteiger partial charge in [0.1, 0.15) is 6.07 Å². The van der Waals surface area contributed by atoms with E-state index in [-0.39, 0.29) is 0 Å². The van der Waals surface area contributed by atoms with Crippen molar-refractivity contribution in [3.05, 3.63) is 46.2 Å². The fourth-order valence-corrected chi connectivity index (χ4v) is 1.61. The van der Waals surface area contributed by atoms with Gasteiger partial charge in [0.05, 0.1) is 17.4 Å². The van der Waals surface area contributed by atoms with Crippen molar-refractivity contribution in [2.75, 3.05) is 0 Å². The van der Waals surface area contributed by atoms with E-state index < -0.39 is 0 Å². The molecule has 0 atom stereocenters. The monoisotopic (exact) mass is 261 g/mol. The van der Waals surface area contributed by atoms with Crippen molar-refractivity contribution >= 4 is 15.9 Å². The predicted octanol–water partition coefficient (Wildman–Crippen LogP) is 2.81. The highest BCUT2D eigenvalue weighted by Crippen LogP contribution is 2.19. The van der Waals surface area contributed by atoms with Gasteiger partial charge in [0.15, 0.2) is 0 Å². The first-order chi connectivity index (χ1) is 7.20. The Morgan fingerprint density at radius 1 is 1.47 bits per heavy atom. The Bertz CT molecular complexity index is 537. The molecule has 0 amide bonds. The second-order valence-corrected chi connectivity index (χ2v) is 4.07. The summed E-state index contributed by atoms with van der Waals surface area (Å²) in [5, 5.41) is 12.8. The number of aromatic nitrogens is 2. The van der Waals surface area contributed by atoms with Gasteiger partial charge in [-0.25, -0.2) is 4.68 Å². The van der Waals surface area contributed by atoms with Gasteiger partial charge in [-0.15, -0.1) is 0 Å². The number of hydrogen-bond donors (Lipinski definition) is 0. The summed E-state index contributed by atoms with van der Waals surface area (Å²) in [6.07, 6.45) is 3.25. The maximum Gasteiger partial charge on any atom is 0.102 e. The molecule has 15 heavy (non-hydrogen) atoms. The summed E-state index contributed by atoms with van der Waals surface area (Å²) in [5.41, 5.74) is 2.67. The first-order valence-corrected chi connectivity index (χ1v) is 5.21. The Hall–Kier alpha value is -1.60. The molecule has 0 bridgehead atoms. The van der Waals surface area contributed by atoms with Crippen molar-refractivity contribution in [1.82, 2.24) is 9.78 Å². The smallest absolute Gasteiger partial charge is 0.102 e. The normalized spacial score (nSPS) is 9.93. The van der Waals surface area contributed by atoms with Crippen LogP contribution in [0, 0.1) is 18.3 Å². The molecule has 0 saturated carbocycles. The second-order valence-electron chi connectivity index (χ2n) is 3.22. The molecule has 0 aliphatic rings. The Morgan fingerprint density at radius 2 is 2.27 bits per heavy atom. The van der Waals surface area contributed by atoms with Crippen LogP contribution in [0.5, 0.6) is 0 Å². The van der Waals surface area contributed by atoms with Crippen LogP contribution in [0.3, 0.4) is 0 Å². The van der Waals surface area contributed by atoms with Crippen LogP contribution in [0.4, 0.5) is 0 Å². The van der Waals surface area contributed by atoms with E-state index in [0.717, 1.165) is 10.2 Å². The number of nitrogens with zero attached hydrogens (tertiary/aromatic N) is 3. The summed E-state index contributed by atoms with van der Waals surface area (Å²) in [5.74, 6) is 0. The fourth-order valence-electron chi connectivity index (χ4n) is 1.25. The minimum Gasteiger partial charge on any atom is -0.240 e. The topological polar surface area (TPSA) is 41.6 Å². The van der Waals surface area contributed by atoms with E-state index in [0.29, 0.717) is 5.56 Å². The van der Waals surface area contributed by atoms with Crippen molar-refractivity contribution in [1.29, 1.82) is 5.26 Å². The quantitative estimate of drug-likeness (QED) is 0.792. The third-order valence-electron chi connectivity index (χ3n) is 2.13. The molecule has 0 fully saturated rings. The maximum atomic E-state index is 8.68. The molecule has 0 spiro atoms. The average molecular weight is 262 g/mol. The van der Waals surface area contributed by atoms with Crippen molar-refractivity contribution in [2.24, 2.45) is 0 Å². The van der Waals surface area contributed by atoms with Gasteiger partial charge in [-0.2, -0.15) is 10.4 Å². The van der Waals surface area contributed by atoms with Crippen LogP contribution in [-0.4, -0.2) is 9.78 Å². The first-order valence-electron chi connectivity index (χ1n) is 4.42. The van der Waals surface area contributed by atoms with E-state index in [2.05, 4.69) is 21.0 Å². The van der Waals surface area contributed by atoms with Crippen LogP contribution in [0.15, 0.2) is 35.1 Å². The summed E-state index contributed by atoms with van der Waals surface area (Å²) >= 11 is 3.46. The lowest BCUT2D eigenvalue weighted by atomic mass is 10.2. The third kappa shape index (κ3) is 1.92. The number of nitriles is 1. The molecule has 2 aromatic rings. The van der Waals surface area contributed by atoms with Crippen molar-refractivity contribution in [2.45, 2.75) is 6.92 Å². The SMILES string of the molecule is Cc1ccc(-n2cc(C#N)cn2)cc1Br. The lowest BCUT2D eigenvalue weighted by Gasteiger charge is -2.03. The lowest BCUT2D eigenvalue weighted by molar-refractivity contribution is 0.879. The highest BCUT2D eigenvalue weighted by molar-refractivity contribution is 9.10. The molecule has 0 aliphatic heterocycles. The molecular formula is C11H8BrN3. The molecule has 0 radical (unpaired) electrons. The van der Waals surface area contributed by atoms with Crippen molar-refractivity contribution < 1.29 is 0 Å². The van der Waals surface area contributed by atoms with Crippen molar-refractivity contribution in [3.63, 3.8) is 0 Å². The fraction of sp³-hybridized carbons (Fsp3) is 0.0909. The largest absolute Gasteiger partial charge is 0.240 e. The molecule has 0 aliphatic carbocycles. The van der Waals surface area contributed by atoms with Crippen LogP contribution in [0.25, 0.3) is 5.69 Å². The molecule has 3 nitrogen and oxygen atoms in total. The van der Waals surface area contributed by atoms with Gasteiger partial charge in [0, 0.05) is 10.7 Å². The Balaban J connectivity index is 2.46. The zero-order chi connectivity index (χ0) is 10.8. The van der Waals surface area contributed by atoms with Crippen LogP contribution < -0.4 is 0 Å². The number of hydrogen-bond acceptors (Lipinski definition) is 2. The summed E-state index contributed by atoms with van der Waals surface area (Å²) in [7, 11) is 0. The number of rotatable bonds is 1. The zero-order valence-electron chi connectivity index (χ0n) is 8.11. The van der Waals surface area contributed by atoms with Gasteiger partial charge < -0.3 is 0 Å². The highest BCUT2D eigenvalue weighted by atomic mass is 79.9. The van der Waals surface area contributed by atoms with Crippen LogP contribution in [0.2, 0.25) is 0 Å². The molecule has 2 rings (SSSR count). The lowest BCUT2D eigenvalue weighted by Crippen LogP contribution is -1.94. The number of aryl methyl sites for hydroxylation is 1. The Kier molecular flexibility index (Phi) is 2.57. The van der Waals surface area contributed by atoms with Crippen LogP contribution in [0.1, 0.15) is 11.1 Å². The van der Waals surface area contributed by atoms with Gasteiger partial charge in [0.2, 0.25) is 0 Å². The summed E-state index contributed by atoms with van der Waals surface area (Å²) in [6.45, 7) is 2.03. The van der Waals surface area contributed by atoms with E-state index in [1.54, 1.807) is 17.1 Å². The van der Waals surface area contributed by atoms with Gasteiger partial charge in [-0.1, -0.05) is 22.0 Å².